The lowest BCUT2D eigenvalue weighted by molar-refractivity contribution is 0.0638. The molecule has 0 saturated carbocycles. The summed E-state index contributed by atoms with van der Waals surface area (Å²) < 4.78 is 3.15. The molecule has 1 aromatic carbocycles. The number of thiazole rings is 1. The quantitative estimate of drug-likeness (QED) is 0.524. The number of aryl methyl sites for hydroxylation is 1. The van der Waals surface area contributed by atoms with Gasteiger partial charge in [-0.2, -0.15) is 0 Å². The number of carbonyl (C=O) groups is 1. The van der Waals surface area contributed by atoms with Crippen molar-refractivity contribution < 1.29 is 4.79 Å². The molecule has 4 heterocycles. The molecule has 28 heavy (non-hydrogen) atoms. The zero-order valence-electron chi connectivity index (χ0n) is 15.5. The molecule has 1 aliphatic rings. The van der Waals surface area contributed by atoms with Crippen molar-refractivity contribution in [1.82, 2.24) is 29.6 Å². The largest absolute Gasteiger partial charge is 0.327 e. The van der Waals surface area contributed by atoms with Gasteiger partial charge < -0.3 is 9.47 Å². The lowest BCUT2D eigenvalue weighted by Crippen LogP contribution is -2.41. The Morgan fingerprint density at radius 1 is 1.14 bits per heavy atom. The number of carbonyl (C=O) groups excluding carboxylic acids is 1. The van der Waals surface area contributed by atoms with E-state index in [1.54, 1.807) is 23.7 Å². The first-order valence-electron chi connectivity index (χ1n) is 9.13. The molecule has 0 N–H and O–H groups in total. The summed E-state index contributed by atoms with van der Waals surface area (Å²) in [7, 11) is 0. The van der Waals surface area contributed by atoms with Gasteiger partial charge in [-0.25, -0.2) is 4.98 Å². The topological polar surface area (TPSA) is 76.8 Å². The summed E-state index contributed by atoms with van der Waals surface area (Å²) in [6.07, 6.45) is 3.52. The highest BCUT2D eigenvalue weighted by molar-refractivity contribution is 7.21. The van der Waals surface area contributed by atoms with Gasteiger partial charge in [-0.15, -0.1) is 21.5 Å². The maximum absolute atomic E-state index is 13.0. The van der Waals surface area contributed by atoms with Crippen LogP contribution in [0, 0.1) is 6.92 Å². The summed E-state index contributed by atoms with van der Waals surface area (Å²) in [6.45, 7) is 5.27. The van der Waals surface area contributed by atoms with Crippen LogP contribution in [-0.4, -0.2) is 42.1 Å². The van der Waals surface area contributed by atoms with Crippen molar-refractivity contribution in [2.45, 2.75) is 26.4 Å². The van der Waals surface area contributed by atoms with Crippen LogP contribution in [0.25, 0.3) is 21.0 Å². The van der Waals surface area contributed by atoms with E-state index in [1.807, 2.05) is 49.1 Å². The minimum Gasteiger partial charge on any atom is -0.327 e. The van der Waals surface area contributed by atoms with Gasteiger partial charge >= 0.3 is 0 Å². The van der Waals surface area contributed by atoms with Gasteiger partial charge in [0, 0.05) is 24.8 Å². The highest BCUT2D eigenvalue weighted by Crippen LogP contribution is 2.33. The van der Waals surface area contributed by atoms with Gasteiger partial charge in [-0.1, -0.05) is 17.7 Å². The Morgan fingerprint density at radius 3 is 2.75 bits per heavy atom. The SMILES string of the molecule is Cc1ccc(C(=O)N2CCn3c(-c4nc5cnccc5s4)nnc3[C@H]2C)cc1. The predicted octanol–water partition coefficient (Wildman–Crippen LogP) is 3.48. The van der Waals surface area contributed by atoms with E-state index in [2.05, 4.69) is 24.7 Å². The number of hydrogen-bond donors (Lipinski definition) is 0. The highest BCUT2D eigenvalue weighted by Gasteiger charge is 2.32. The van der Waals surface area contributed by atoms with Gasteiger partial charge in [0.1, 0.15) is 5.52 Å². The Hall–Kier alpha value is -3.13. The van der Waals surface area contributed by atoms with Gasteiger partial charge in [0.05, 0.1) is 16.9 Å². The number of pyridine rings is 1. The molecule has 1 atom stereocenters. The summed E-state index contributed by atoms with van der Waals surface area (Å²) in [5, 5.41) is 9.62. The fourth-order valence-electron chi connectivity index (χ4n) is 3.56. The molecule has 4 aromatic rings. The van der Waals surface area contributed by atoms with Crippen LogP contribution in [0.4, 0.5) is 0 Å². The Labute approximate surface area is 165 Å². The van der Waals surface area contributed by atoms with E-state index in [4.69, 9.17) is 0 Å². The summed E-state index contributed by atoms with van der Waals surface area (Å²) in [5.74, 6) is 1.57. The molecule has 0 unspecified atom stereocenters. The van der Waals surface area contributed by atoms with Gasteiger partial charge in [-0.3, -0.25) is 9.78 Å². The minimum absolute atomic E-state index is 0.0226. The number of benzene rings is 1. The Morgan fingerprint density at radius 2 is 1.96 bits per heavy atom. The van der Waals surface area contributed by atoms with Crippen LogP contribution >= 0.6 is 11.3 Å². The zero-order valence-corrected chi connectivity index (χ0v) is 16.3. The third-order valence-electron chi connectivity index (χ3n) is 5.13. The van der Waals surface area contributed by atoms with Gasteiger partial charge in [0.2, 0.25) is 0 Å². The third kappa shape index (κ3) is 2.68. The lowest BCUT2D eigenvalue weighted by Gasteiger charge is -2.33. The van der Waals surface area contributed by atoms with E-state index in [1.165, 1.54) is 0 Å². The van der Waals surface area contributed by atoms with Crippen LogP contribution in [0.5, 0.6) is 0 Å². The highest BCUT2D eigenvalue weighted by atomic mass is 32.1. The molecule has 8 heteroatoms. The monoisotopic (exact) mass is 390 g/mol. The molecule has 140 valence electrons. The lowest BCUT2D eigenvalue weighted by atomic mass is 10.1. The second-order valence-corrected chi connectivity index (χ2v) is 7.97. The molecular formula is C20H18N6OS. The van der Waals surface area contributed by atoms with E-state index < -0.39 is 0 Å². The number of aromatic nitrogens is 5. The number of amides is 1. The molecule has 1 amide bonds. The zero-order chi connectivity index (χ0) is 19.3. The maximum atomic E-state index is 13.0. The number of nitrogens with zero attached hydrogens (tertiary/aromatic N) is 6. The number of rotatable bonds is 2. The summed E-state index contributed by atoms with van der Waals surface area (Å²) >= 11 is 1.58. The molecule has 1 aliphatic heterocycles. The summed E-state index contributed by atoms with van der Waals surface area (Å²) in [4.78, 5) is 23.6. The molecular weight excluding hydrogens is 372 g/mol. The summed E-state index contributed by atoms with van der Waals surface area (Å²) in [6, 6.07) is 9.48. The van der Waals surface area contributed by atoms with E-state index in [9.17, 15) is 4.79 Å². The first kappa shape index (κ1) is 17.0. The van der Waals surface area contributed by atoms with Crippen LogP contribution in [0.15, 0.2) is 42.7 Å². The van der Waals surface area contributed by atoms with E-state index in [0.29, 0.717) is 18.7 Å². The Balaban J connectivity index is 1.47. The second-order valence-electron chi connectivity index (χ2n) is 6.94. The Bertz CT molecular complexity index is 1150. The van der Waals surface area contributed by atoms with Crippen LogP contribution in [0.2, 0.25) is 0 Å². The average molecular weight is 390 g/mol. The van der Waals surface area contributed by atoms with Gasteiger partial charge in [0.15, 0.2) is 16.7 Å². The molecule has 0 saturated heterocycles. The van der Waals surface area contributed by atoms with Crippen molar-refractivity contribution in [2.24, 2.45) is 0 Å². The number of fused-ring (bicyclic) bond motifs is 2. The third-order valence-corrected chi connectivity index (χ3v) is 6.16. The van der Waals surface area contributed by atoms with Crippen molar-refractivity contribution in [3.05, 3.63) is 59.7 Å². The van der Waals surface area contributed by atoms with E-state index in [0.717, 1.165) is 32.4 Å². The van der Waals surface area contributed by atoms with Crippen molar-refractivity contribution in [3.63, 3.8) is 0 Å². The standard InChI is InChI=1S/C20H18N6OS/c1-12-3-5-14(6-4-12)20(27)25-9-10-26-17(13(25)2)23-24-18(26)19-22-15-11-21-8-7-16(15)28-19/h3-8,11,13H,9-10H2,1-2H3/t13-/m1/s1. The van der Waals surface area contributed by atoms with Crippen molar-refractivity contribution in [1.29, 1.82) is 0 Å². The molecule has 0 fully saturated rings. The van der Waals surface area contributed by atoms with Crippen LogP contribution in [0.3, 0.4) is 0 Å². The van der Waals surface area contributed by atoms with Gasteiger partial charge in [-0.05, 0) is 32.0 Å². The normalized spacial score (nSPS) is 16.4. The van der Waals surface area contributed by atoms with E-state index >= 15 is 0 Å². The van der Waals surface area contributed by atoms with Crippen molar-refractivity contribution in [2.75, 3.05) is 6.54 Å². The van der Waals surface area contributed by atoms with Crippen LogP contribution < -0.4 is 0 Å². The maximum Gasteiger partial charge on any atom is 0.254 e. The molecule has 5 rings (SSSR count). The average Bonchev–Trinajstić information content (AvgIpc) is 3.32. The molecule has 7 nitrogen and oxygen atoms in total. The first-order chi connectivity index (χ1) is 13.6. The summed E-state index contributed by atoms with van der Waals surface area (Å²) in [5.41, 5.74) is 2.70. The Kier molecular flexibility index (Phi) is 3.94. The van der Waals surface area contributed by atoms with Crippen LogP contribution in [0.1, 0.15) is 34.7 Å². The number of hydrogen-bond acceptors (Lipinski definition) is 6. The smallest absolute Gasteiger partial charge is 0.254 e. The minimum atomic E-state index is -0.153. The molecule has 3 aromatic heterocycles. The first-order valence-corrected chi connectivity index (χ1v) is 9.95. The predicted molar refractivity (Wildman–Crippen MR) is 107 cm³/mol. The van der Waals surface area contributed by atoms with Crippen LogP contribution in [-0.2, 0) is 6.54 Å². The van der Waals surface area contributed by atoms with Gasteiger partial charge in [0.25, 0.3) is 5.91 Å². The van der Waals surface area contributed by atoms with Crippen molar-refractivity contribution >= 4 is 27.5 Å². The molecule has 0 spiro atoms. The van der Waals surface area contributed by atoms with Crippen molar-refractivity contribution in [3.8, 4) is 10.8 Å². The van der Waals surface area contributed by atoms with E-state index in [-0.39, 0.29) is 11.9 Å². The fraction of sp³-hybridized carbons (Fsp3) is 0.250. The molecule has 0 bridgehead atoms. The molecule has 0 radical (unpaired) electrons. The fourth-order valence-corrected chi connectivity index (χ4v) is 4.49. The second kappa shape index (κ2) is 6.49. The molecule has 0 aliphatic carbocycles.